The number of hydrogen-bond acceptors (Lipinski definition) is 1. The highest BCUT2D eigenvalue weighted by Crippen LogP contribution is 2.17. The van der Waals surface area contributed by atoms with Crippen molar-refractivity contribution in [2.45, 2.75) is 47.0 Å². The summed E-state index contributed by atoms with van der Waals surface area (Å²) in [6, 6.07) is 0. The van der Waals surface area contributed by atoms with Crippen LogP contribution in [0.4, 0.5) is 0 Å². The summed E-state index contributed by atoms with van der Waals surface area (Å²) in [7, 11) is 0. The molecule has 64 valence electrons. The lowest BCUT2D eigenvalue weighted by atomic mass is 10.1. The Kier molecular flexibility index (Phi) is 5.81. The first-order chi connectivity index (χ1) is 5.34. The van der Waals surface area contributed by atoms with Crippen LogP contribution >= 0.6 is 0 Å². The summed E-state index contributed by atoms with van der Waals surface area (Å²) in [6.07, 6.45) is 5.45. The third kappa shape index (κ3) is 3.35. The van der Waals surface area contributed by atoms with Gasteiger partial charge in [0, 0.05) is 11.9 Å². The molecule has 0 saturated carbocycles. The van der Waals surface area contributed by atoms with Crippen molar-refractivity contribution < 1.29 is 0 Å². The van der Waals surface area contributed by atoms with Crippen molar-refractivity contribution in [2.24, 2.45) is 4.99 Å². The summed E-state index contributed by atoms with van der Waals surface area (Å²) in [5.41, 5.74) is 2.77. The van der Waals surface area contributed by atoms with Gasteiger partial charge in [-0.25, -0.2) is 0 Å². The Hall–Kier alpha value is -0.590. The minimum Gasteiger partial charge on any atom is -0.266 e. The number of rotatable bonds is 1. The molecule has 0 spiro atoms. The van der Waals surface area contributed by atoms with E-state index in [1.165, 1.54) is 17.7 Å². The molecule has 0 fully saturated rings. The first kappa shape index (κ1) is 10.4. The van der Waals surface area contributed by atoms with Crippen molar-refractivity contribution >= 4 is 6.21 Å². The Labute approximate surface area is 70.2 Å². The van der Waals surface area contributed by atoms with Gasteiger partial charge in [-0.15, -0.1) is 0 Å². The van der Waals surface area contributed by atoms with Gasteiger partial charge in [0.1, 0.15) is 0 Å². The zero-order valence-corrected chi connectivity index (χ0v) is 8.15. The maximum atomic E-state index is 4.28. The van der Waals surface area contributed by atoms with E-state index in [0.717, 1.165) is 12.8 Å². The summed E-state index contributed by atoms with van der Waals surface area (Å²) in [5, 5.41) is 0. The van der Waals surface area contributed by atoms with Crippen molar-refractivity contribution in [1.82, 2.24) is 0 Å². The van der Waals surface area contributed by atoms with Gasteiger partial charge in [0.2, 0.25) is 0 Å². The van der Waals surface area contributed by atoms with Crippen molar-refractivity contribution in [1.29, 1.82) is 0 Å². The molecule has 0 aliphatic carbocycles. The number of hydrogen-bond donors (Lipinski definition) is 0. The number of aliphatic imine (C=N–C) groups is 1. The molecule has 0 aromatic rings. The predicted molar refractivity (Wildman–Crippen MR) is 52.1 cm³/mol. The molecule has 0 saturated heterocycles. The normalized spacial score (nSPS) is 16.0. The largest absolute Gasteiger partial charge is 0.266 e. The van der Waals surface area contributed by atoms with E-state index in [9.17, 15) is 0 Å². The van der Waals surface area contributed by atoms with Crippen LogP contribution < -0.4 is 0 Å². The first-order valence-electron chi connectivity index (χ1n) is 4.55. The number of allylic oxidation sites excluding steroid dienone is 2. The van der Waals surface area contributed by atoms with Crippen molar-refractivity contribution in [3.8, 4) is 0 Å². The lowest BCUT2D eigenvalue weighted by Gasteiger charge is -2.08. The van der Waals surface area contributed by atoms with Gasteiger partial charge in [-0.05, 0) is 26.2 Å². The van der Waals surface area contributed by atoms with Crippen LogP contribution in [0.3, 0.4) is 0 Å². The fourth-order valence-corrected chi connectivity index (χ4v) is 1.10. The summed E-state index contributed by atoms with van der Waals surface area (Å²) in [5.74, 6) is 0. The fourth-order valence-electron chi connectivity index (χ4n) is 1.10. The molecule has 1 heteroatoms. The summed E-state index contributed by atoms with van der Waals surface area (Å²) < 4.78 is 0. The van der Waals surface area contributed by atoms with Crippen LogP contribution in [-0.2, 0) is 0 Å². The topological polar surface area (TPSA) is 12.4 Å². The van der Waals surface area contributed by atoms with Crippen LogP contribution in [0.15, 0.2) is 16.3 Å². The first-order valence-corrected chi connectivity index (χ1v) is 4.55. The van der Waals surface area contributed by atoms with Crippen LogP contribution in [0.1, 0.15) is 47.0 Å². The summed E-state index contributed by atoms with van der Waals surface area (Å²) in [6.45, 7) is 8.33. The molecule has 0 aromatic carbocycles. The SMILES string of the molecule is CC.CCC1=C(C)CCC=N1. The van der Waals surface area contributed by atoms with Gasteiger partial charge in [-0.3, -0.25) is 4.99 Å². The Morgan fingerprint density at radius 3 is 2.45 bits per heavy atom. The van der Waals surface area contributed by atoms with Gasteiger partial charge in [-0.1, -0.05) is 26.3 Å². The van der Waals surface area contributed by atoms with Crippen LogP contribution in [-0.4, -0.2) is 6.21 Å². The third-order valence-electron chi connectivity index (χ3n) is 1.72. The second-order valence-corrected chi connectivity index (χ2v) is 2.43. The van der Waals surface area contributed by atoms with Gasteiger partial charge < -0.3 is 0 Å². The molecule has 0 N–H and O–H groups in total. The van der Waals surface area contributed by atoms with E-state index in [1.54, 1.807) is 0 Å². The Bertz CT molecular complexity index is 154. The van der Waals surface area contributed by atoms with Gasteiger partial charge in [0.15, 0.2) is 0 Å². The molecule has 0 radical (unpaired) electrons. The monoisotopic (exact) mass is 153 g/mol. The molecule has 0 aromatic heterocycles. The average Bonchev–Trinajstić information content (AvgIpc) is 2.09. The quantitative estimate of drug-likeness (QED) is 0.546. The third-order valence-corrected chi connectivity index (χ3v) is 1.72. The molecule has 11 heavy (non-hydrogen) atoms. The van der Waals surface area contributed by atoms with E-state index >= 15 is 0 Å². The zero-order valence-electron chi connectivity index (χ0n) is 8.15. The second-order valence-electron chi connectivity index (χ2n) is 2.43. The molecular formula is C10H19N. The van der Waals surface area contributed by atoms with E-state index in [1.807, 2.05) is 20.1 Å². The standard InChI is InChI=1S/C8H13N.C2H6/c1-3-8-7(2)5-4-6-9-8;1-2/h6H,3-5H2,1-2H3;1-2H3. The van der Waals surface area contributed by atoms with E-state index in [0.29, 0.717) is 0 Å². The van der Waals surface area contributed by atoms with Gasteiger partial charge in [-0.2, -0.15) is 0 Å². The molecule has 0 unspecified atom stereocenters. The van der Waals surface area contributed by atoms with Gasteiger partial charge in [0.25, 0.3) is 0 Å². The minimum absolute atomic E-state index is 1.09. The minimum atomic E-state index is 1.09. The van der Waals surface area contributed by atoms with Crippen LogP contribution in [0.5, 0.6) is 0 Å². The molecule has 1 nitrogen and oxygen atoms in total. The predicted octanol–water partition coefficient (Wildman–Crippen LogP) is 3.56. The van der Waals surface area contributed by atoms with Crippen LogP contribution in [0.25, 0.3) is 0 Å². The molecular weight excluding hydrogens is 134 g/mol. The lowest BCUT2D eigenvalue weighted by molar-refractivity contribution is 0.908. The Morgan fingerprint density at radius 2 is 2.09 bits per heavy atom. The summed E-state index contributed by atoms with van der Waals surface area (Å²) in [4.78, 5) is 4.28. The molecule has 0 bridgehead atoms. The zero-order chi connectivity index (χ0) is 8.69. The Balaban J connectivity index is 0.000000461. The highest BCUT2D eigenvalue weighted by atomic mass is 14.7. The highest BCUT2D eigenvalue weighted by Gasteiger charge is 2.01. The lowest BCUT2D eigenvalue weighted by Crippen LogP contribution is -1.92. The van der Waals surface area contributed by atoms with Crippen molar-refractivity contribution in [2.75, 3.05) is 0 Å². The smallest absolute Gasteiger partial charge is 0.0386 e. The molecule has 1 heterocycles. The highest BCUT2D eigenvalue weighted by molar-refractivity contribution is 5.61. The molecule has 1 aliphatic rings. The van der Waals surface area contributed by atoms with E-state index in [4.69, 9.17) is 0 Å². The van der Waals surface area contributed by atoms with Crippen molar-refractivity contribution in [3.05, 3.63) is 11.3 Å². The second kappa shape index (κ2) is 6.14. The fraction of sp³-hybridized carbons (Fsp3) is 0.700. The number of nitrogens with zero attached hydrogens (tertiary/aromatic N) is 1. The molecule has 1 rings (SSSR count). The van der Waals surface area contributed by atoms with Gasteiger partial charge in [0.05, 0.1) is 0 Å². The van der Waals surface area contributed by atoms with E-state index in [-0.39, 0.29) is 0 Å². The average molecular weight is 153 g/mol. The van der Waals surface area contributed by atoms with Crippen LogP contribution in [0, 0.1) is 0 Å². The molecule has 0 amide bonds. The summed E-state index contributed by atoms with van der Waals surface area (Å²) >= 11 is 0. The van der Waals surface area contributed by atoms with E-state index in [2.05, 4.69) is 18.8 Å². The maximum absolute atomic E-state index is 4.28. The van der Waals surface area contributed by atoms with E-state index < -0.39 is 0 Å². The van der Waals surface area contributed by atoms with Crippen LogP contribution in [0.2, 0.25) is 0 Å². The molecule has 1 aliphatic heterocycles. The molecule has 0 atom stereocenters. The van der Waals surface area contributed by atoms with Gasteiger partial charge >= 0.3 is 0 Å². The maximum Gasteiger partial charge on any atom is 0.0386 e. The van der Waals surface area contributed by atoms with Crippen molar-refractivity contribution in [3.63, 3.8) is 0 Å². The Morgan fingerprint density at radius 1 is 1.45 bits per heavy atom.